The van der Waals surface area contributed by atoms with Crippen molar-refractivity contribution in [2.45, 2.75) is 26.1 Å². The fourth-order valence-electron chi connectivity index (χ4n) is 2.32. The third-order valence-electron chi connectivity index (χ3n) is 3.46. The molecule has 3 rings (SSSR count). The number of hydrogen-bond donors (Lipinski definition) is 3. The van der Waals surface area contributed by atoms with Gasteiger partial charge in [0, 0.05) is 23.5 Å². The minimum atomic E-state index is -4.56. The molecule has 0 aliphatic heterocycles. The summed E-state index contributed by atoms with van der Waals surface area (Å²) in [5.74, 6) is 0.586. The maximum atomic E-state index is 12.9. The highest BCUT2D eigenvalue weighted by molar-refractivity contribution is 5.62. The smallest absolute Gasteiger partial charge is 0.433 e. The monoisotopic (exact) mass is 390 g/mol. The summed E-state index contributed by atoms with van der Waals surface area (Å²) in [5.41, 5.74) is -0.367. The Bertz CT molecular complexity index is 978. The van der Waals surface area contributed by atoms with Crippen molar-refractivity contribution in [3.8, 4) is 17.1 Å². The van der Waals surface area contributed by atoms with E-state index in [0.29, 0.717) is 5.56 Å². The summed E-state index contributed by atoms with van der Waals surface area (Å²) in [7, 11) is 0. The van der Waals surface area contributed by atoms with Crippen LogP contribution in [0.5, 0.6) is 5.75 Å². The van der Waals surface area contributed by atoms with Gasteiger partial charge in [-0.2, -0.15) is 28.1 Å². The van der Waals surface area contributed by atoms with Gasteiger partial charge in [0.2, 0.25) is 11.9 Å². The largest absolute Gasteiger partial charge is 0.508 e. The van der Waals surface area contributed by atoms with Gasteiger partial charge in [-0.3, -0.25) is 4.98 Å². The molecule has 1 aromatic carbocycles. The molecule has 3 N–H and O–H groups in total. The zero-order valence-electron chi connectivity index (χ0n) is 15.0. The number of rotatable bonds is 5. The lowest BCUT2D eigenvalue weighted by Crippen LogP contribution is -2.14. The van der Waals surface area contributed by atoms with Crippen LogP contribution in [0.25, 0.3) is 11.4 Å². The average Bonchev–Trinajstić information content (AvgIpc) is 2.60. The van der Waals surface area contributed by atoms with Crippen LogP contribution in [0.3, 0.4) is 0 Å². The van der Waals surface area contributed by atoms with E-state index in [-0.39, 0.29) is 35.2 Å². The van der Waals surface area contributed by atoms with Gasteiger partial charge in [0.25, 0.3) is 0 Å². The maximum Gasteiger partial charge on any atom is 0.433 e. The van der Waals surface area contributed by atoms with E-state index in [9.17, 15) is 18.3 Å². The average molecular weight is 390 g/mol. The number of halogens is 3. The molecule has 146 valence electrons. The molecule has 0 radical (unpaired) electrons. The lowest BCUT2D eigenvalue weighted by molar-refractivity contribution is -0.141. The highest BCUT2D eigenvalue weighted by atomic mass is 19.4. The van der Waals surface area contributed by atoms with Crippen LogP contribution in [0.2, 0.25) is 0 Å². The second-order valence-electron chi connectivity index (χ2n) is 6.21. The molecule has 3 aromatic rings. The first-order valence-electron chi connectivity index (χ1n) is 8.33. The van der Waals surface area contributed by atoms with Crippen LogP contribution < -0.4 is 10.6 Å². The molecule has 0 aliphatic rings. The van der Waals surface area contributed by atoms with Gasteiger partial charge in [0.1, 0.15) is 11.4 Å². The summed E-state index contributed by atoms with van der Waals surface area (Å²) >= 11 is 0. The number of nitrogens with zero attached hydrogens (tertiary/aromatic N) is 4. The zero-order valence-corrected chi connectivity index (χ0v) is 15.0. The van der Waals surface area contributed by atoms with Gasteiger partial charge >= 0.3 is 6.18 Å². The Morgan fingerprint density at radius 3 is 2.43 bits per heavy atom. The number of aromatic hydroxyl groups is 1. The fourth-order valence-corrected chi connectivity index (χ4v) is 2.32. The molecule has 28 heavy (non-hydrogen) atoms. The number of benzene rings is 1. The predicted octanol–water partition coefficient (Wildman–Crippen LogP) is 4.22. The Morgan fingerprint density at radius 2 is 1.75 bits per heavy atom. The van der Waals surface area contributed by atoms with Gasteiger partial charge < -0.3 is 15.7 Å². The number of alkyl halides is 3. The quantitative estimate of drug-likeness (QED) is 0.600. The zero-order chi connectivity index (χ0) is 20.3. The van der Waals surface area contributed by atoms with Crippen molar-refractivity contribution in [1.29, 1.82) is 0 Å². The number of hydrogen-bond acceptors (Lipinski definition) is 7. The first-order chi connectivity index (χ1) is 13.2. The van der Waals surface area contributed by atoms with E-state index in [0.717, 1.165) is 12.3 Å². The van der Waals surface area contributed by atoms with E-state index in [1.807, 2.05) is 13.8 Å². The van der Waals surface area contributed by atoms with Crippen LogP contribution >= 0.6 is 0 Å². The number of aromatic nitrogens is 4. The van der Waals surface area contributed by atoms with E-state index in [4.69, 9.17) is 0 Å². The Hall–Kier alpha value is -3.43. The third kappa shape index (κ3) is 4.84. The summed E-state index contributed by atoms with van der Waals surface area (Å²) in [4.78, 5) is 16.1. The van der Waals surface area contributed by atoms with Gasteiger partial charge in [0.05, 0.1) is 0 Å². The number of phenolic OH excluding ortho intramolecular Hbond substituents is 1. The highest BCUT2D eigenvalue weighted by Gasteiger charge is 2.32. The van der Waals surface area contributed by atoms with Crippen molar-refractivity contribution >= 4 is 17.6 Å². The Balaban J connectivity index is 1.99. The van der Waals surface area contributed by atoms with Crippen molar-refractivity contribution in [3.63, 3.8) is 0 Å². The maximum absolute atomic E-state index is 12.9. The molecule has 0 bridgehead atoms. The molecule has 0 amide bonds. The Labute approximate surface area is 158 Å². The summed E-state index contributed by atoms with van der Waals surface area (Å²) in [6.07, 6.45) is -3.51. The topological polar surface area (TPSA) is 95.9 Å². The van der Waals surface area contributed by atoms with Gasteiger partial charge in [-0.15, -0.1) is 0 Å². The molecule has 0 atom stereocenters. The van der Waals surface area contributed by atoms with Crippen LogP contribution in [0.1, 0.15) is 19.5 Å². The summed E-state index contributed by atoms with van der Waals surface area (Å²) in [6.45, 7) is 3.78. The van der Waals surface area contributed by atoms with E-state index in [1.54, 1.807) is 12.1 Å². The first kappa shape index (κ1) is 19.3. The van der Waals surface area contributed by atoms with Crippen molar-refractivity contribution in [1.82, 2.24) is 19.9 Å². The van der Waals surface area contributed by atoms with Crippen molar-refractivity contribution in [2.24, 2.45) is 0 Å². The molecule has 7 nitrogen and oxygen atoms in total. The molecule has 10 heteroatoms. The van der Waals surface area contributed by atoms with Gasteiger partial charge in [-0.25, -0.2) is 0 Å². The van der Waals surface area contributed by atoms with Crippen LogP contribution in [0, 0.1) is 0 Å². The molecule has 0 unspecified atom stereocenters. The summed E-state index contributed by atoms with van der Waals surface area (Å²) < 4.78 is 38.6. The van der Waals surface area contributed by atoms with Crippen LogP contribution in [0.15, 0.2) is 42.6 Å². The van der Waals surface area contributed by atoms with E-state index in [2.05, 4.69) is 30.6 Å². The lowest BCUT2D eigenvalue weighted by atomic mass is 10.2. The molecule has 0 spiro atoms. The molecule has 2 heterocycles. The second-order valence-corrected chi connectivity index (χ2v) is 6.21. The minimum absolute atomic E-state index is 0.0185. The van der Waals surface area contributed by atoms with Crippen molar-refractivity contribution in [3.05, 3.63) is 48.3 Å². The predicted molar refractivity (Wildman–Crippen MR) is 98.2 cm³/mol. The molecule has 2 aromatic heterocycles. The van der Waals surface area contributed by atoms with Crippen LogP contribution in [0.4, 0.5) is 30.8 Å². The molecule has 0 saturated carbocycles. The molecule has 0 saturated heterocycles. The lowest BCUT2D eigenvalue weighted by Gasteiger charge is -2.13. The van der Waals surface area contributed by atoms with Gasteiger partial charge in [0.15, 0.2) is 5.82 Å². The Morgan fingerprint density at radius 1 is 1.00 bits per heavy atom. The Kier molecular flexibility index (Phi) is 5.30. The second kappa shape index (κ2) is 7.67. The summed E-state index contributed by atoms with van der Waals surface area (Å²) in [5, 5.41) is 15.5. The van der Waals surface area contributed by atoms with Crippen LogP contribution in [-0.4, -0.2) is 31.1 Å². The standard InChI is InChI=1S/C18H17F3N6O/c1-10(2)23-16-25-15(11-4-3-5-13(28)8-11)26-17(27-16)24-12-6-7-22-14(9-12)18(19,20)21/h3-10,28H,1-2H3,(H2,22,23,24,25,26,27). The normalized spacial score (nSPS) is 11.5. The number of nitrogens with one attached hydrogen (secondary N) is 2. The molecular weight excluding hydrogens is 373 g/mol. The molecular formula is C18H17F3N6O. The molecule has 0 fully saturated rings. The van der Waals surface area contributed by atoms with E-state index >= 15 is 0 Å². The van der Waals surface area contributed by atoms with Crippen molar-refractivity contribution in [2.75, 3.05) is 10.6 Å². The third-order valence-corrected chi connectivity index (χ3v) is 3.46. The van der Waals surface area contributed by atoms with Crippen LogP contribution in [-0.2, 0) is 6.18 Å². The van der Waals surface area contributed by atoms with E-state index < -0.39 is 11.9 Å². The molecule has 0 aliphatic carbocycles. The SMILES string of the molecule is CC(C)Nc1nc(Nc2ccnc(C(F)(F)F)c2)nc(-c2cccc(O)c2)n1. The fraction of sp³-hybridized carbons (Fsp3) is 0.222. The van der Waals surface area contributed by atoms with Gasteiger partial charge in [-0.1, -0.05) is 12.1 Å². The minimum Gasteiger partial charge on any atom is -0.508 e. The number of anilines is 3. The number of phenols is 1. The highest BCUT2D eigenvalue weighted by Crippen LogP contribution is 2.29. The van der Waals surface area contributed by atoms with Gasteiger partial charge in [-0.05, 0) is 38.1 Å². The van der Waals surface area contributed by atoms with Crippen molar-refractivity contribution < 1.29 is 18.3 Å². The summed E-state index contributed by atoms with van der Waals surface area (Å²) in [6, 6.07) is 8.58. The van der Waals surface area contributed by atoms with E-state index in [1.165, 1.54) is 18.2 Å². The first-order valence-corrected chi connectivity index (χ1v) is 8.33. The number of pyridine rings is 1.